The molecule has 1 aromatic heterocycles. The zero-order valence-electron chi connectivity index (χ0n) is 35.1. The minimum Gasteiger partial charge on any atom is -0.495 e. The standard InChI is InChI=1S/C45H58N10O5/c1-29-43(59)51(2)37-25-46-44(49-40(37)55(29)34-6-4-5-7-34)47-36-14-10-32(24-38(36)60-3)41(57)50-54-27-45(28-54)18-22-52(23-19-45)26-30-16-20-53(21-17-30)33-11-8-31(9-12-33)35-13-15-39(56)48-42(35)58/h8-12,14,24-25,29-30,34-35H,4-7,13,15-23,26-28H2,1-3H3,(H,50,57)(H,46,47,49)(H,48,56,58)/t29-,35?/m1/s1. The van der Waals surface area contributed by atoms with Gasteiger partial charge in [0.05, 0.1) is 24.9 Å². The monoisotopic (exact) mass is 818 g/mol. The molecule has 2 aromatic carbocycles. The van der Waals surface area contributed by atoms with E-state index in [0.29, 0.717) is 47.4 Å². The van der Waals surface area contributed by atoms with E-state index in [-0.39, 0.29) is 47.0 Å². The van der Waals surface area contributed by atoms with Gasteiger partial charge in [-0.05, 0) is 107 Å². The summed E-state index contributed by atoms with van der Waals surface area (Å²) in [6.45, 7) is 9.06. The Balaban J connectivity index is 0.728. The first-order chi connectivity index (χ1) is 29.1. The SMILES string of the molecule is COc1cc(C(=O)NN2CC3(CCN(CC4CCN(c5ccc(C6CCC(=O)NC6=O)cc5)CC4)CC3)C2)ccc1Nc1ncc2c(n1)N(C1CCCC1)[C@H](C)C(=O)N2C. The van der Waals surface area contributed by atoms with Gasteiger partial charge in [-0.3, -0.25) is 29.9 Å². The third-order valence-electron chi connectivity index (χ3n) is 14.1. The highest BCUT2D eigenvalue weighted by Gasteiger charge is 2.46. The van der Waals surface area contributed by atoms with Crippen LogP contribution in [0, 0.1) is 11.3 Å². The Labute approximate surface area is 352 Å². The number of ether oxygens (including phenoxy) is 1. The van der Waals surface area contributed by atoms with Crippen molar-refractivity contribution < 1.29 is 23.9 Å². The number of fused-ring (bicyclic) bond motifs is 1. The second-order valence-corrected chi connectivity index (χ2v) is 18.0. The van der Waals surface area contributed by atoms with E-state index < -0.39 is 0 Å². The molecule has 4 saturated heterocycles. The smallest absolute Gasteiger partial charge is 0.265 e. The van der Waals surface area contributed by atoms with Gasteiger partial charge in [-0.1, -0.05) is 25.0 Å². The summed E-state index contributed by atoms with van der Waals surface area (Å²) in [6, 6.07) is 13.7. The predicted octanol–water partition coefficient (Wildman–Crippen LogP) is 4.82. The van der Waals surface area contributed by atoms with Crippen molar-refractivity contribution in [2.75, 3.05) is 80.0 Å². The second kappa shape index (κ2) is 16.6. The molecule has 2 atom stereocenters. The number of carbonyl (C=O) groups excluding carboxylic acids is 4. The molecule has 0 radical (unpaired) electrons. The van der Waals surface area contributed by atoms with Gasteiger partial charge in [0.1, 0.15) is 17.5 Å². The molecule has 318 valence electrons. The van der Waals surface area contributed by atoms with Crippen molar-refractivity contribution >= 4 is 52.5 Å². The number of amides is 4. The Morgan fingerprint density at radius 1 is 0.950 bits per heavy atom. The lowest BCUT2D eigenvalue weighted by molar-refractivity contribution is -0.134. The van der Waals surface area contributed by atoms with Crippen LogP contribution < -0.4 is 35.5 Å². The molecule has 5 aliphatic heterocycles. The number of carbonyl (C=O) groups is 4. The Kier molecular flexibility index (Phi) is 11.1. The van der Waals surface area contributed by atoms with Gasteiger partial charge in [-0.25, -0.2) is 9.99 Å². The van der Waals surface area contributed by atoms with E-state index in [1.54, 1.807) is 37.4 Å². The van der Waals surface area contributed by atoms with Crippen LogP contribution in [0.25, 0.3) is 0 Å². The Bertz CT molecular complexity index is 2100. The van der Waals surface area contributed by atoms with E-state index in [0.717, 1.165) is 95.7 Å². The van der Waals surface area contributed by atoms with E-state index >= 15 is 0 Å². The normalized spacial score (nSPS) is 24.0. The number of likely N-dealkylation sites (tertiary alicyclic amines) is 1. The largest absolute Gasteiger partial charge is 0.495 e. The molecule has 9 rings (SSSR count). The van der Waals surface area contributed by atoms with Crippen LogP contribution in [0.5, 0.6) is 5.75 Å². The highest BCUT2D eigenvalue weighted by Crippen LogP contribution is 2.42. The lowest BCUT2D eigenvalue weighted by atomic mass is 9.72. The maximum Gasteiger partial charge on any atom is 0.265 e. The van der Waals surface area contributed by atoms with Crippen molar-refractivity contribution in [3.8, 4) is 5.75 Å². The van der Waals surface area contributed by atoms with Crippen molar-refractivity contribution in [1.29, 1.82) is 0 Å². The summed E-state index contributed by atoms with van der Waals surface area (Å²) in [7, 11) is 3.36. The van der Waals surface area contributed by atoms with Gasteiger partial charge in [0.2, 0.25) is 23.7 Å². The van der Waals surface area contributed by atoms with E-state index in [1.165, 1.54) is 18.5 Å². The van der Waals surface area contributed by atoms with Gasteiger partial charge in [-0.2, -0.15) is 4.98 Å². The highest BCUT2D eigenvalue weighted by atomic mass is 16.5. The fourth-order valence-electron chi connectivity index (χ4n) is 10.5. The Hall–Kier alpha value is -5.28. The van der Waals surface area contributed by atoms with Crippen LogP contribution in [-0.2, 0) is 14.4 Å². The molecule has 60 heavy (non-hydrogen) atoms. The molecule has 3 aromatic rings. The van der Waals surface area contributed by atoms with Crippen LogP contribution in [0.3, 0.4) is 0 Å². The number of rotatable bonds is 10. The zero-order chi connectivity index (χ0) is 41.5. The Morgan fingerprint density at radius 2 is 1.68 bits per heavy atom. The van der Waals surface area contributed by atoms with Crippen LogP contribution in [0.15, 0.2) is 48.7 Å². The quantitative estimate of drug-likeness (QED) is 0.240. The van der Waals surface area contributed by atoms with Crippen LogP contribution in [0.1, 0.15) is 93.0 Å². The number of imide groups is 1. The maximum absolute atomic E-state index is 13.4. The molecule has 1 spiro atoms. The number of nitrogens with zero attached hydrogens (tertiary/aromatic N) is 7. The number of hydrogen-bond donors (Lipinski definition) is 3. The second-order valence-electron chi connectivity index (χ2n) is 18.0. The molecule has 4 amide bonds. The van der Waals surface area contributed by atoms with Crippen molar-refractivity contribution in [1.82, 2.24) is 30.6 Å². The lowest BCUT2D eigenvalue weighted by Gasteiger charge is -2.54. The molecule has 1 saturated carbocycles. The van der Waals surface area contributed by atoms with Crippen molar-refractivity contribution in [2.24, 2.45) is 11.3 Å². The minimum atomic E-state index is -0.302. The summed E-state index contributed by atoms with van der Waals surface area (Å²) < 4.78 is 5.72. The molecular weight excluding hydrogens is 761 g/mol. The molecule has 3 N–H and O–H groups in total. The van der Waals surface area contributed by atoms with Gasteiger partial charge >= 0.3 is 0 Å². The first-order valence-corrected chi connectivity index (χ1v) is 21.9. The number of hydrogen-bond acceptors (Lipinski definition) is 12. The lowest BCUT2D eigenvalue weighted by Crippen LogP contribution is -2.65. The Morgan fingerprint density at radius 3 is 2.38 bits per heavy atom. The van der Waals surface area contributed by atoms with Gasteiger partial charge in [0.15, 0.2) is 5.82 Å². The third-order valence-corrected chi connectivity index (χ3v) is 14.1. The summed E-state index contributed by atoms with van der Waals surface area (Å²) in [4.78, 5) is 68.7. The van der Waals surface area contributed by atoms with Crippen molar-refractivity contribution in [3.63, 3.8) is 0 Å². The van der Waals surface area contributed by atoms with Gasteiger partial charge < -0.3 is 29.7 Å². The van der Waals surface area contributed by atoms with Crippen LogP contribution >= 0.6 is 0 Å². The molecule has 5 fully saturated rings. The number of benzene rings is 2. The van der Waals surface area contributed by atoms with Crippen LogP contribution in [-0.4, -0.2) is 116 Å². The summed E-state index contributed by atoms with van der Waals surface area (Å²) in [5, 5.41) is 7.81. The molecule has 1 aliphatic carbocycles. The van der Waals surface area contributed by atoms with E-state index in [1.807, 2.05) is 30.1 Å². The highest BCUT2D eigenvalue weighted by molar-refractivity contribution is 6.04. The van der Waals surface area contributed by atoms with Gasteiger partial charge in [-0.15, -0.1) is 0 Å². The molecule has 15 heteroatoms. The van der Waals surface area contributed by atoms with E-state index in [9.17, 15) is 19.2 Å². The number of aromatic nitrogens is 2. The molecule has 6 heterocycles. The van der Waals surface area contributed by atoms with E-state index in [4.69, 9.17) is 9.72 Å². The zero-order valence-corrected chi connectivity index (χ0v) is 35.1. The number of likely N-dealkylation sites (N-methyl/N-ethyl adjacent to an activating group) is 1. The maximum atomic E-state index is 13.4. The summed E-state index contributed by atoms with van der Waals surface area (Å²) in [5.41, 5.74) is 7.42. The minimum absolute atomic E-state index is 0.0449. The number of piperidine rings is 3. The first kappa shape index (κ1) is 40.1. The van der Waals surface area contributed by atoms with Crippen molar-refractivity contribution in [2.45, 2.75) is 89.1 Å². The average molecular weight is 819 g/mol. The molecule has 1 unspecified atom stereocenters. The number of nitrogens with one attached hydrogen (secondary N) is 3. The summed E-state index contributed by atoms with van der Waals surface area (Å²) >= 11 is 0. The van der Waals surface area contributed by atoms with Gasteiger partial charge in [0, 0.05) is 68.9 Å². The average Bonchev–Trinajstić information content (AvgIpc) is 3.78. The third kappa shape index (κ3) is 8.01. The first-order valence-electron chi connectivity index (χ1n) is 21.9. The fourth-order valence-corrected chi connectivity index (χ4v) is 10.5. The van der Waals surface area contributed by atoms with Gasteiger partial charge in [0.25, 0.3) is 5.91 Å². The van der Waals surface area contributed by atoms with Crippen molar-refractivity contribution in [3.05, 3.63) is 59.8 Å². The van der Waals surface area contributed by atoms with Crippen LogP contribution in [0.4, 0.5) is 28.8 Å². The molecule has 0 bridgehead atoms. The number of hydrazine groups is 1. The molecular formula is C45H58N10O5. The summed E-state index contributed by atoms with van der Waals surface area (Å²) in [6.07, 6.45) is 11.7. The molecule has 15 nitrogen and oxygen atoms in total. The van der Waals surface area contributed by atoms with E-state index in [2.05, 4.69) is 47.9 Å². The fraction of sp³-hybridized carbons (Fsp3) is 0.556. The number of methoxy groups -OCH3 is 1. The predicted molar refractivity (Wildman–Crippen MR) is 230 cm³/mol. The number of anilines is 5. The topological polar surface area (TPSA) is 156 Å². The summed E-state index contributed by atoms with van der Waals surface area (Å²) in [5.74, 6) is 1.62. The van der Waals surface area contributed by atoms with Crippen LogP contribution in [0.2, 0.25) is 0 Å². The molecule has 6 aliphatic rings.